The molecule has 7 heteroatoms. The minimum atomic E-state index is -0.260. The van der Waals surface area contributed by atoms with E-state index in [1.165, 1.54) is 19.3 Å². The van der Waals surface area contributed by atoms with Crippen molar-refractivity contribution in [1.29, 1.82) is 0 Å². The molecule has 1 saturated heterocycles. The standard InChI is InChI=1S/C18H24N6O/c1-13(17-20-21-22-24(17)15-9-3-2-4-10-15)19-18(25)23-12-6-8-14-7-5-11-16(14)23/h2-4,9-10,13-14,16H,5-8,11-12H2,1H3,(H,19,25)/t13-,14+,16+/m0/s1. The minimum Gasteiger partial charge on any atom is -0.328 e. The van der Waals surface area contributed by atoms with E-state index in [-0.39, 0.29) is 12.1 Å². The molecule has 2 aromatic rings. The van der Waals surface area contributed by atoms with Gasteiger partial charge in [-0.25, -0.2) is 4.79 Å². The van der Waals surface area contributed by atoms with Gasteiger partial charge in [0.25, 0.3) is 0 Å². The molecule has 2 amide bonds. The van der Waals surface area contributed by atoms with E-state index in [1.807, 2.05) is 42.2 Å². The third kappa shape index (κ3) is 3.10. The van der Waals surface area contributed by atoms with Crippen LogP contribution in [0.3, 0.4) is 0 Å². The molecule has 25 heavy (non-hydrogen) atoms. The highest BCUT2D eigenvalue weighted by atomic mass is 16.2. The highest BCUT2D eigenvalue weighted by Crippen LogP contribution is 2.36. The first kappa shape index (κ1) is 16.1. The van der Waals surface area contributed by atoms with Gasteiger partial charge in [-0.15, -0.1) is 5.10 Å². The summed E-state index contributed by atoms with van der Waals surface area (Å²) in [5.41, 5.74) is 0.887. The van der Waals surface area contributed by atoms with Crippen LogP contribution in [0, 0.1) is 5.92 Å². The number of para-hydroxylation sites is 1. The molecule has 0 radical (unpaired) electrons. The van der Waals surface area contributed by atoms with E-state index in [0.717, 1.165) is 25.1 Å². The Morgan fingerprint density at radius 1 is 1.20 bits per heavy atom. The predicted molar refractivity (Wildman–Crippen MR) is 93.2 cm³/mol. The summed E-state index contributed by atoms with van der Waals surface area (Å²) < 4.78 is 1.68. The SMILES string of the molecule is C[C@H](NC(=O)N1CCC[C@H]2CCC[C@H]21)c1nnnn1-c1ccccc1. The smallest absolute Gasteiger partial charge is 0.318 e. The summed E-state index contributed by atoms with van der Waals surface area (Å²) in [6.07, 6.45) is 5.99. The lowest BCUT2D eigenvalue weighted by molar-refractivity contribution is 0.126. The Hall–Kier alpha value is -2.44. The number of likely N-dealkylation sites (tertiary alicyclic amines) is 1. The fourth-order valence-corrected chi connectivity index (χ4v) is 4.26. The normalized spacial score (nSPS) is 24.0. The summed E-state index contributed by atoms with van der Waals surface area (Å²) in [7, 11) is 0. The fraction of sp³-hybridized carbons (Fsp3) is 0.556. The van der Waals surface area contributed by atoms with Crippen molar-refractivity contribution in [2.45, 2.75) is 51.1 Å². The Labute approximate surface area is 147 Å². The van der Waals surface area contributed by atoms with Crippen LogP contribution in [-0.2, 0) is 0 Å². The van der Waals surface area contributed by atoms with Crippen LogP contribution >= 0.6 is 0 Å². The second-order valence-corrected chi connectivity index (χ2v) is 7.05. The summed E-state index contributed by atoms with van der Waals surface area (Å²) in [6.45, 7) is 2.78. The van der Waals surface area contributed by atoms with Gasteiger partial charge in [-0.05, 0) is 61.1 Å². The molecule has 7 nitrogen and oxygen atoms in total. The number of aromatic nitrogens is 4. The van der Waals surface area contributed by atoms with E-state index in [2.05, 4.69) is 20.8 Å². The number of hydrogen-bond acceptors (Lipinski definition) is 4. The Bertz CT molecular complexity index is 730. The van der Waals surface area contributed by atoms with E-state index in [1.54, 1.807) is 4.68 Å². The summed E-state index contributed by atoms with van der Waals surface area (Å²) >= 11 is 0. The van der Waals surface area contributed by atoms with Gasteiger partial charge in [0, 0.05) is 12.6 Å². The number of urea groups is 1. The molecule has 1 N–H and O–H groups in total. The molecule has 4 rings (SSSR count). The van der Waals surface area contributed by atoms with Crippen molar-refractivity contribution in [2.24, 2.45) is 5.92 Å². The van der Waals surface area contributed by atoms with E-state index in [4.69, 9.17) is 0 Å². The van der Waals surface area contributed by atoms with Crippen LogP contribution in [0.25, 0.3) is 5.69 Å². The monoisotopic (exact) mass is 340 g/mol. The van der Waals surface area contributed by atoms with Crippen LogP contribution in [0.5, 0.6) is 0 Å². The summed E-state index contributed by atoms with van der Waals surface area (Å²) in [5.74, 6) is 1.32. The van der Waals surface area contributed by atoms with Crippen LogP contribution in [0.2, 0.25) is 0 Å². The van der Waals surface area contributed by atoms with Gasteiger partial charge in [0.05, 0.1) is 11.7 Å². The molecule has 132 valence electrons. The number of nitrogens with zero attached hydrogens (tertiary/aromatic N) is 5. The first-order chi connectivity index (χ1) is 12.2. The number of hydrogen-bond donors (Lipinski definition) is 1. The van der Waals surface area contributed by atoms with Gasteiger partial charge in [-0.3, -0.25) is 0 Å². The van der Waals surface area contributed by atoms with Crippen molar-refractivity contribution >= 4 is 6.03 Å². The number of piperidine rings is 1. The zero-order valence-electron chi connectivity index (χ0n) is 14.5. The molecule has 0 spiro atoms. The van der Waals surface area contributed by atoms with Crippen molar-refractivity contribution in [3.05, 3.63) is 36.2 Å². The van der Waals surface area contributed by atoms with Crippen molar-refractivity contribution in [2.75, 3.05) is 6.54 Å². The highest BCUT2D eigenvalue weighted by molar-refractivity contribution is 5.75. The topological polar surface area (TPSA) is 75.9 Å². The van der Waals surface area contributed by atoms with E-state index in [0.29, 0.717) is 17.8 Å². The molecule has 2 fully saturated rings. The molecule has 0 bridgehead atoms. The molecule has 1 aromatic heterocycles. The van der Waals surface area contributed by atoms with Crippen LogP contribution in [0.4, 0.5) is 4.79 Å². The Kier molecular flexibility index (Phi) is 4.38. The Morgan fingerprint density at radius 2 is 2.00 bits per heavy atom. The van der Waals surface area contributed by atoms with Gasteiger partial charge in [-0.2, -0.15) is 4.68 Å². The van der Waals surface area contributed by atoms with Crippen LogP contribution in [0.1, 0.15) is 50.9 Å². The van der Waals surface area contributed by atoms with Crippen LogP contribution in [0.15, 0.2) is 30.3 Å². The third-order valence-electron chi connectivity index (χ3n) is 5.48. The second-order valence-electron chi connectivity index (χ2n) is 7.05. The van der Waals surface area contributed by atoms with Gasteiger partial charge in [0.2, 0.25) is 0 Å². The first-order valence-corrected chi connectivity index (χ1v) is 9.15. The number of carbonyl (C=O) groups excluding carboxylic acids is 1. The number of nitrogens with one attached hydrogen (secondary N) is 1. The maximum absolute atomic E-state index is 12.8. The van der Waals surface area contributed by atoms with Crippen molar-refractivity contribution in [3.63, 3.8) is 0 Å². The molecule has 2 aliphatic rings. The maximum Gasteiger partial charge on any atom is 0.318 e. The second kappa shape index (κ2) is 6.82. The number of benzene rings is 1. The summed E-state index contributed by atoms with van der Waals surface area (Å²) in [4.78, 5) is 14.9. The Balaban J connectivity index is 1.48. The highest BCUT2D eigenvalue weighted by Gasteiger charge is 2.37. The quantitative estimate of drug-likeness (QED) is 0.932. The van der Waals surface area contributed by atoms with Crippen molar-refractivity contribution in [1.82, 2.24) is 30.4 Å². The fourth-order valence-electron chi connectivity index (χ4n) is 4.26. The predicted octanol–water partition coefficient (Wildman–Crippen LogP) is 2.70. The van der Waals surface area contributed by atoms with E-state index < -0.39 is 0 Å². The van der Waals surface area contributed by atoms with E-state index >= 15 is 0 Å². The number of tetrazole rings is 1. The molecule has 1 aromatic carbocycles. The van der Waals surface area contributed by atoms with E-state index in [9.17, 15) is 4.79 Å². The lowest BCUT2D eigenvalue weighted by atomic mass is 9.92. The first-order valence-electron chi connectivity index (χ1n) is 9.15. The molecule has 3 atom stereocenters. The molecule has 1 saturated carbocycles. The average molecular weight is 340 g/mol. The Morgan fingerprint density at radius 3 is 2.84 bits per heavy atom. The average Bonchev–Trinajstić information content (AvgIpc) is 3.31. The van der Waals surface area contributed by atoms with Gasteiger partial charge in [0.15, 0.2) is 5.82 Å². The van der Waals surface area contributed by atoms with Gasteiger partial charge < -0.3 is 10.2 Å². The zero-order valence-corrected chi connectivity index (χ0v) is 14.5. The lowest BCUT2D eigenvalue weighted by Crippen LogP contribution is -2.51. The largest absolute Gasteiger partial charge is 0.328 e. The molecule has 1 aliphatic carbocycles. The molecule has 2 heterocycles. The van der Waals surface area contributed by atoms with Crippen molar-refractivity contribution in [3.8, 4) is 5.69 Å². The summed E-state index contributed by atoms with van der Waals surface area (Å²) in [5, 5.41) is 15.1. The lowest BCUT2D eigenvalue weighted by Gasteiger charge is -2.38. The van der Waals surface area contributed by atoms with Gasteiger partial charge >= 0.3 is 6.03 Å². The third-order valence-corrected chi connectivity index (χ3v) is 5.48. The molecular weight excluding hydrogens is 316 g/mol. The summed E-state index contributed by atoms with van der Waals surface area (Å²) in [6, 6.07) is 9.88. The zero-order chi connectivity index (χ0) is 17.2. The van der Waals surface area contributed by atoms with Crippen LogP contribution in [-0.4, -0.2) is 43.7 Å². The number of fused-ring (bicyclic) bond motifs is 1. The number of amides is 2. The number of rotatable bonds is 3. The number of carbonyl (C=O) groups is 1. The maximum atomic E-state index is 12.8. The molecule has 0 unspecified atom stereocenters. The van der Waals surface area contributed by atoms with Crippen LogP contribution < -0.4 is 5.32 Å². The minimum absolute atomic E-state index is 0.00621. The van der Waals surface area contributed by atoms with Gasteiger partial charge in [-0.1, -0.05) is 24.6 Å². The molecular formula is C18H24N6O. The van der Waals surface area contributed by atoms with Gasteiger partial charge in [0.1, 0.15) is 0 Å². The van der Waals surface area contributed by atoms with Crippen molar-refractivity contribution < 1.29 is 4.79 Å². The molecule has 1 aliphatic heterocycles.